The van der Waals surface area contributed by atoms with Gasteiger partial charge in [-0.15, -0.1) is 11.8 Å². The molecule has 1 N–H and O–H groups in total. The van der Waals surface area contributed by atoms with Crippen LogP contribution in [0, 0.1) is 5.92 Å². The number of esters is 2. The largest absolute Gasteiger partial charge is 0.428 e. The number of aliphatic hydroxyl groups is 1. The third kappa shape index (κ3) is 3.80. The van der Waals surface area contributed by atoms with Crippen molar-refractivity contribution in [2.75, 3.05) is 18.3 Å². The number of β-lactam (4-membered cyclic amide) rings is 1. The van der Waals surface area contributed by atoms with Crippen molar-refractivity contribution in [3.05, 3.63) is 9.93 Å². The van der Waals surface area contributed by atoms with E-state index in [9.17, 15) is 23.7 Å². The molecule has 11 heteroatoms. The minimum absolute atomic E-state index is 0.105. The Labute approximate surface area is 161 Å². The molecule has 0 spiro atoms. The summed E-state index contributed by atoms with van der Waals surface area (Å²) in [7, 11) is -0.855. The standard InChI is InChI=1S/C15H19NO7S3/c1-7(17)10-12(19)16-11(14(20)23-6-22-8(2)18)15(25-13(10)16)24-9-3-4-26(21)5-9/h7,9-10,13,17H,3-6H2,1-2H3/t7-,9+,10+,13-,26-/m1/s1. The number of carbonyl (C=O) groups is 3. The summed E-state index contributed by atoms with van der Waals surface area (Å²) in [6.07, 6.45) is -0.0480. The topological polar surface area (TPSA) is 110 Å². The van der Waals surface area contributed by atoms with Gasteiger partial charge in [0.25, 0.3) is 0 Å². The Balaban J connectivity index is 1.77. The Morgan fingerprint density at radius 2 is 2.19 bits per heavy atom. The van der Waals surface area contributed by atoms with Crippen LogP contribution >= 0.6 is 23.5 Å². The Morgan fingerprint density at radius 1 is 1.46 bits per heavy atom. The fourth-order valence-corrected chi connectivity index (χ4v) is 8.19. The van der Waals surface area contributed by atoms with E-state index in [2.05, 4.69) is 4.74 Å². The number of amides is 1. The highest BCUT2D eigenvalue weighted by Gasteiger charge is 2.58. The van der Waals surface area contributed by atoms with Gasteiger partial charge in [0.1, 0.15) is 5.37 Å². The van der Waals surface area contributed by atoms with Crippen molar-refractivity contribution in [2.24, 2.45) is 5.92 Å². The highest BCUT2D eigenvalue weighted by atomic mass is 32.2. The monoisotopic (exact) mass is 421 g/mol. The summed E-state index contributed by atoms with van der Waals surface area (Å²) in [5.41, 5.74) is 0.122. The van der Waals surface area contributed by atoms with Crippen molar-refractivity contribution < 1.29 is 33.2 Å². The highest BCUT2D eigenvalue weighted by molar-refractivity contribution is 8.23. The highest BCUT2D eigenvalue weighted by Crippen LogP contribution is 2.55. The zero-order valence-corrected chi connectivity index (χ0v) is 16.7. The number of fused-ring (bicyclic) bond motifs is 1. The smallest absolute Gasteiger partial charge is 0.359 e. The van der Waals surface area contributed by atoms with Crippen LogP contribution in [0.3, 0.4) is 0 Å². The lowest BCUT2D eigenvalue weighted by atomic mass is 9.92. The summed E-state index contributed by atoms with van der Waals surface area (Å²) in [5.74, 6) is -1.06. The fourth-order valence-electron chi connectivity index (χ4n) is 2.94. The number of ether oxygens (including phenoxy) is 2. The minimum atomic E-state index is -0.855. The summed E-state index contributed by atoms with van der Waals surface area (Å²) < 4.78 is 21.8. The second kappa shape index (κ2) is 7.91. The molecular formula is C15H19NO7S3. The lowest BCUT2D eigenvalue weighted by molar-refractivity contribution is -0.168. The summed E-state index contributed by atoms with van der Waals surface area (Å²) in [5, 5.41) is 9.57. The molecule has 0 radical (unpaired) electrons. The molecule has 2 saturated heterocycles. The van der Waals surface area contributed by atoms with Crippen LogP contribution in [-0.2, 0) is 34.7 Å². The van der Waals surface area contributed by atoms with Gasteiger partial charge in [0, 0.05) is 34.5 Å². The van der Waals surface area contributed by atoms with Gasteiger partial charge < -0.3 is 14.6 Å². The SMILES string of the molecule is CC(=O)OCOC(=O)C1=C(S[C@H]2CC[S@@](=O)C2)S[C@@H]2[C@@H]([C@@H](C)O)C(=O)N12. The van der Waals surface area contributed by atoms with E-state index in [-0.39, 0.29) is 22.2 Å². The van der Waals surface area contributed by atoms with Crippen LogP contribution in [0.2, 0.25) is 0 Å². The molecule has 5 atom stereocenters. The summed E-state index contributed by atoms with van der Waals surface area (Å²) in [6.45, 7) is 2.22. The molecule has 0 aromatic heterocycles. The third-order valence-electron chi connectivity index (χ3n) is 4.22. The Bertz CT molecular complexity index is 693. The Morgan fingerprint density at radius 3 is 2.77 bits per heavy atom. The number of aliphatic hydroxyl groups excluding tert-OH is 1. The number of thioether (sulfide) groups is 2. The average molecular weight is 422 g/mol. The first-order valence-electron chi connectivity index (χ1n) is 8.03. The number of hydrogen-bond acceptors (Lipinski definition) is 9. The normalized spacial score (nSPS) is 31.5. The molecule has 0 saturated carbocycles. The fraction of sp³-hybridized carbons (Fsp3) is 0.667. The number of nitrogens with zero attached hydrogens (tertiary/aromatic N) is 1. The van der Waals surface area contributed by atoms with Crippen molar-refractivity contribution in [3.63, 3.8) is 0 Å². The molecule has 2 fully saturated rings. The molecule has 3 heterocycles. The Kier molecular flexibility index (Phi) is 6.00. The quantitative estimate of drug-likeness (QED) is 0.370. The second-order valence-corrected chi connectivity index (χ2v) is 10.5. The van der Waals surface area contributed by atoms with Gasteiger partial charge in [-0.2, -0.15) is 0 Å². The van der Waals surface area contributed by atoms with Gasteiger partial charge in [-0.1, -0.05) is 11.8 Å². The molecule has 0 unspecified atom stereocenters. The number of carbonyl (C=O) groups excluding carboxylic acids is 3. The van der Waals surface area contributed by atoms with E-state index >= 15 is 0 Å². The van der Waals surface area contributed by atoms with E-state index in [1.54, 1.807) is 6.92 Å². The Hall–Kier alpha value is -1.04. The molecule has 8 nitrogen and oxygen atoms in total. The summed E-state index contributed by atoms with van der Waals surface area (Å²) >= 11 is 2.77. The number of hydrogen-bond donors (Lipinski definition) is 1. The van der Waals surface area contributed by atoms with Crippen molar-refractivity contribution in [3.8, 4) is 0 Å². The van der Waals surface area contributed by atoms with Crippen molar-refractivity contribution in [1.29, 1.82) is 0 Å². The van der Waals surface area contributed by atoms with E-state index in [0.717, 1.165) is 6.42 Å². The van der Waals surface area contributed by atoms with Crippen LogP contribution in [0.1, 0.15) is 20.3 Å². The maximum Gasteiger partial charge on any atom is 0.359 e. The molecule has 0 bridgehead atoms. The molecule has 3 aliphatic heterocycles. The maximum atomic E-state index is 12.5. The molecule has 0 aromatic rings. The molecular weight excluding hydrogens is 402 g/mol. The molecule has 0 aliphatic carbocycles. The lowest BCUT2D eigenvalue weighted by Gasteiger charge is -2.43. The van der Waals surface area contributed by atoms with Crippen LogP contribution in [0.15, 0.2) is 9.93 Å². The zero-order valence-electron chi connectivity index (χ0n) is 14.2. The van der Waals surface area contributed by atoms with Gasteiger partial charge in [0.15, 0.2) is 5.70 Å². The van der Waals surface area contributed by atoms with Crippen LogP contribution < -0.4 is 0 Å². The maximum absolute atomic E-state index is 12.5. The van der Waals surface area contributed by atoms with Crippen LogP contribution in [-0.4, -0.2) is 67.1 Å². The first kappa shape index (κ1) is 19.7. The van der Waals surface area contributed by atoms with Crippen molar-refractivity contribution >= 4 is 52.2 Å². The predicted octanol–water partition coefficient (Wildman–Crippen LogP) is 0.386. The third-order valence-corrected chi connectivity index (χ3v) is 8.77. The van der Waals surface area contributed by atoms with E-state index in [1.165, 1.54) is 35.3 Å². The molecule has 3 aliphatic rings. The van der Waals surface area contributed by atoms with E-state index in [1.807, 2.05) is 0 Å². The van der Waals surface area contributed by atoms with Gasteiger partial charge in [-0.25, -0.2) is 4.79 Å². The minimum Gasteiger partial charge on any atom is -0.428 e. The van der Waals surface area contributed by atoms with Crippen molar-refractivity contribution in [2.45, 2.75) is 37.0 Å². The molecule has 0 aromatic carbocycles. The van der Waals surface area contributed by atoms with Gasteiger partial charge >= 0.3 is 11.9 Å². The van der Waals surface area contributed by atoms with E-state index in [4.69, 9.17) is 4.74 Å². The average Bonchev–Trinajstić information content (AvgIpc) is 3.08. The van der Waals surface area contributed by atoms with Gasteiger partial charge in [-0.05, 0) is 13.3 Å². The van der Waals surface area contributed by atoms with Crippen LogP contribution in [0.5, 0.6) is 0 Å². The predicted molar refractivity (Wildman–Crippen MR) is 97.0 cm³/mol. The number of rotatable bonds is 6. The first-order chi connectivity index (χ1) is 12.3. The summed E-state index contributed by atoms with van der Waals surface area (Å²) in [6, 6.07) is 0. The molecule has 1 amide bonds. The van der Waals surface area contributed by atoms with Crippen LogP contribution in [0.4, 0.5) is 0 Å². The molecule has 26 heavy (non-hydrogen) atoms. The van der Waals surface area contributed by atoms with E-state index < -0.39 is 41.6 Å². The second-order valence-electron chi connectivity index (χ2n) is 6.14. The molecule has 3 rings (SSSR count). The molecule has 144 valence electrons. The first-order valence-corrected chi connectivity index (χ1v) is 11.3. The zero-order chi connectivity index (χ0) is 19.0. The van der Waals surface area contributed by atoms with Gasteiger partial charge in [0.05, 0.1) is 16.3 Å². The van der Waals surface area contributed by atoms with Crippen molar-refractivity contribution in [1.82, 2.24) is 4.90 Å². The van der Waals surface area contributed by atoms with Gasteiger partial charge in [-0.3, -0.25) is 18.7 Å². The summed E-state index contributed by atoms with van der Waals surface area (Å²) in [4.78, 5) is 37.0. The van der Waals surface area contributed by atoms with E-state index in [0.29, 0.717) is 15.7 Å². The van der Waals surface area contributed by atoms with Gasteiger partial charge in [0.2, 0.25) is 12.7 Å². The van der Waals surface area contributed by atoms with Crippen LogP contribution in [0.25, 0.3) is 0 Å². The lowest BCUT2D eigenvalue weighted by Crippen LogP contribution is -2.60.